The van der Waals surface area contributed by atoms with Crippen LogP contribution in [-0.2, 0) is 4.74 Å². The fraction of sp³-hybridized carbons (Fsp3) is 0.474. The molecule has 6 heteroatoms. The molecule has 136 valence electrons. The van der Waals surface area contributed by atoms with Gasteiger partial charge in [-0.3, -0.25) is 4.79 Å². The van der Waals surface area contributed by atoms with Crippen molar-refractivity contribution in [2.75, 3.05) is 13.2 Å². The van der Waals surface area contributed by atoms with Crippen LogP contribution in [0.2, 0.25) is 5.02 Å². The molecular weight excluding hydrogens is 338 g/mol. The number of nitrogens with one attached hydrogen (secondary N) is 1. The maximum Gasteiger partial charge on any atom is 0.254 e. The zero-order chi connectivity index (χ0) is 18.4. The lowest BCUT2D eigenvalue weighted by Gasteiger charge is -2.13. The topological polar surface area (TPSA) is 56.1 Å². The summed E-state index contributed by atoms with van der Waals surface area (Å²) in [6, 6.07) is 7.45. The number of aromatic nitrogens is 2. The molecule has 0 aliphatic rings. The predicted octanol–water partition coefficient (Wildman–Crippen LogP) is 4.19. The van der Waals surface area contributed by atoms with Crippen LogP contribution in [0.15, 0.2) is 30.5 Å². The SMILES string of the molecule is CC(C)OCCCNC(=O)c1cnn(-c2cccc(Cl)c2)c1C(C)C. The van der Waals surface area contributed by atoms with Crippen LogP contribution in [0.5, 0.6) is 0 Å². The van der Waals surface area contributed by atoms with E-state index in [4.69, 9.17) is 16.3 Å². The van der Waals surface area contributed by atoms with Crippen molar-refractivity contribution in [1.82, 2.24) is 15.1 Å². The third-order valence-corrected chi connectivity index (χ3v) is 3.94. The van der Waals surface area contributed by atoms with E-state index in [1.165, 1.54) is 0 Å². The van der Waals surface area contributed by atoms with E-state index >= 15 is 0 Å². The van der Waals surface area contributed by atoms with Crippen molar-refractivity contribution in [2.45, 2.75) is 46.1 Å². The highest BCUT2D eigenvalue weighted by atomic mass is 35.5. The van der Waals surface area contributed by atoms with Crippen molar-refractivity contribution in [2.24, 2.45) is 0 Å². The third-order valence-electron chi connectivity index (χ3n) is 3.71. The first kappa shape index (κ1) is 19.5. The molecule has 2 rings (SSSR count). The van der Waals surface area contributed by atoms with E-state index in [-0.39, 0.29) is 17.9 Å². The Morgan fingerprint density at radius 1 is 1.32 bits per heavy atom. The first-order chi connectivity index (χ1) is 11.9. The molecule has 0 unspecified atom stereocenters. The van der Waals surface area contributed by atoms with Crippen molar-refractivity contribution in [3.8, 4) is 5.69 Å². The summed E-state index contributed by atoms with van der Waals surface area (Å²) in [5, 5.41) is 7.99. The van der Waals surface area contributed by atoms with Crippen LogP contribution in [-0.4, -0.2) is 34.9 Å². The first-order valence-electron chi connectivity index (χ1n) is 8.63. The average Bonchev–Trinajstić information content (AvgIpc) is 2.99. The van der Waals surface area contributed by atoms with Crippen LogP contribution >= 0.6 is 11.6 Å². The number of ether oxygens (including phenoxy) is 1. The molecule has 0 spiro atoms. The van der Waals surface area contributed by atoms with E-state index < -0.39 is 0 Å². The van der Waals surface area contributed by atoms with E-state index in [1.54, 1.807) is 10.9 Å². The normalized spacial score (nSPS) is 11.3. The molecule has 0 aliphatic carbocycles. The van der Waals surface area contributed by atoms with Crippen molar-refractivity contribution in [1.29, 1.82) is 0 Å². The lowest BCUT2D eigenvalue weighted by atomic mass is 10.0. The van der Waals surface area contributed by atoms with Crippen LogP contribution < -0.4 is 5.32 Å². The number of rotatable bonds is 8. The summed E-state index contributed by atoms with van der Waals surface area (Å²) in [4.78, 5) is 12.5. The van der Waals surface area contributed by atoms with E-state index in [9.17, 15) is 4.79 Å². The van der Waals surface area contributed by atoms with Gasteiger partial charge >= 0.3 is 0 Å². The number of amides is 1. The largest absolute Gasteiger partial charge is 0.379 e. The summed E-state index contributed by atoms with van der Waals surface area (Å²) >= 11 is 6.08. The predicted molar refractivity (Wildman–Crippen MR) is 101 cm³/mol. The Kier molecular flexibility index (Phi) is 7.02. The van der Waals surface area contributed by atoms with Crippen LogP contribution in [0, 0.1) is 0 Å². The minimum atomic E-state index is -0.110. The third kappa shape index (κ3) is 5.31. The van der Waals surface area contributed by atoms with Gasteiger partial charge in [-0.05, 0) is 44.4 Å². The maximum absolute atomic E-state index is 12.5. The van der Waals surface area contributed by atoms with E-state index in [0.29, 0.717) is 23.7 Å². The van der Waals surface area contributed by atoms with Crippen LogP contribution in [0.25, 0.3) is 5.69 Å². The highest BCUT2D eigenvalue weighted by Crippen LogP contribution is 2.24. The molecule has 2 aromatic rings. The number of benzene rings is 1. The highest BCUT2D eigenvalue weighted by Gasteiger charge is 2.20. The van der Waals surface area contributed by atoms with Gasteiger partial charge in [0, 0.05) is 18.2 Å². The van der Waals surface area contributed by atoms with Gasteiger partial charge in [-0.1, -0.05) is 31.5 Å². The summed E-state index contributed by atoms with van der Waals surface area (Å²) in [5.74, 6) is 0.0352. The Bertz CT molecular complexity index is 710. The summed E-state index contributed by atoms with van der Waals surface area (Å²) in [7, 11) is 0. The van der Waals surface area contributed by atoms with Crippen molar-refractivity contribution in [3.05, 3.63) is 46.7 Å². The lowest BCUT2D eigenvalue weighted by Crippen LogP contribution is -2.26. The Morgan fingerprint density at radius 2 is 2.08 bits per heavy atom. The second-order valence-corrected chi connectivity index (χ2v) is 6.96. The molecule has 1 aromatic carbocycles. The van der Waals surface area contributed by atoms with Crippen molar-refractivity contribution in [3.63, 3.8) is 0 Å². The van der Waals surface area contributed by atoms with Gasteiger partial charge in [0.1, 0.15) is 0 Å². The smallest absolute Gasteiger partial charge is 0.254 e. The quantitative estimate of drug-likeness (QED) is 0.715. The fourth-order valence-electron chi connectivity index (χ4n) is 2.59. The molecule has 1 N–H and O–H groups in total. The van der Waals surface area contributed by atoms with Gasteiger partial charge < -0.3 is 10.1 Å². The number of nitrogens with zero attached hydrogens (tertiary/aromatic N) is 2. The molecule has 0 fully saturated rings. The van der Waals surface area contributed by atoms with Gasteiger partial charge in [-0.15, -0.1) is 0 Å². The van der Waals surface area contributed by atoms with Gasteiger partial charge in [-0.25, -0.2) is 4.68 Å². The van der Waals surface area contributed by atoms with Gasteiger partial charge in [0.2, 0.25) is 0 Å². The van der Waals surface area contributed by atoms with Crippen LogP contribution in [0.3, 0.4) is 0 Å². The standard InChI is InChI=1S/C19H26ClN3O2/c1-13(2)18-17(19(24)21-9-6-10-25-14(3)4)12-22-23(18)16-8-5-7-15(20)11-16/h5,7-8,11-14H,6,9-10H2,1-4H3,(H,21,24). The van der Waals surface area contributed by atoms with Crippen molar-refractivity contribution < 1.29 is 9.53 Å². The molecule has 5 nitrogen and oxygen atoms in total. The zero-order valence-corrected chi connectivity index (χ0v) is 16.0. The molecule has 25 heavy (non-hydrogen) atoms. The van der Waals surface area contributed by atoms with Gasteiger partial charge in [-0.2, -0.15) is 5.10 Å². The Hall–Kier alpha value is -1.85. The molecule has 0 saturated heterocycles. The summed E-state index contributed by atoms with van der Waals surface area (Å²) < 4.78 is 7.27. The number of halogens is 1. The lowest BCUT2D eigenvalue weighted by molar-refractivity contribution is 0.0757. The monoisotopic (exact) mass is 363 g/mol. The Labute approximate surface area is 154 Å². The molecule has 0 atom stereocenters. The molecule has 1 amide bonds. The van der Waals surface area contributed by atoms with Gasteiger partial charge in [0.25, 0.3) is 5.91 Å². The van der Waals surface area contributed by atoms with E-state index in [1.807, 2.05) is 52.0 Å². The fourth-order valence-corrected chi connectivity index (χ4v) is 2.77. The number of hydrogen-bond acceptors (Lipinski definition) is 3. The molecule has 0 aliphatic heterocycles. The Morgan fingerprint density at radius 3 is 2.72 bits per heavy atom. The molecule has 0 bridgehead atoms. The summed E-state index contributed by atoms with van der Waals surface area (Å²) in [5.41, 5.74) is 2.32. The van der Waals surface area contributed by atoms with Crippen LogP contribution in [0.4, 0.5) is 0 Å². The molecular formula is C19H26ClN3O2. The van der Waals surface area contributed by atoms with E-state index in [2.05, 4.69) is 10.4 Å². The van der Waals surface area contributed by atoms with Gasteiger partial charge in [0.05, 0.1) is 29.2 Å². The Balaban J connectivity index is 2.12. The molecule has 1 heterocycles. The minimum absolute atomic E-state index is 0.110. The maximum atomic E-state index is 12.5. The van der Waals surface area contributed by atoms with Gasteiger partial charge in [0.15, 0.2) is 0 Å². The van der Waals surface area contributed by atoms with Crippen molar-refractivity contribution >= 4 is 17.5 Å². The second-order valence-electron chi connectivity index (χ2n) is 6.52. The minimum Gasteiger partial charge on any atom is -0.379 e. The molecule has 0 radical (unpaired) electrons. The number of carbonyl (C=O) groups is 1. The summed E-state index contributed by atoms with van der Waals surface area (Å²) in [6.07, 6.45) is 2.61. The van der Waals surface area contributed by atoms with Crippen LogP contribution in [0.1, 0.15) is 56.1 Å². The first-order valence-corrected chi connectivity index (χ1v) is 9.01. The molecule has 1 aromatic heterocycles. The molecule has 0 saturated carbocycles. The number of carbonyl (C=O) groups excluding carboxylic acids is 1. The number of hydrogen-bond donors (Lipinski definition) is 1. The highest BCUT2D eigenvalue weighted by molar-refractivity contribution is 6.30. The summed E-state index contributed by atoms with van der Waals surface area (Å²) in [6.45, 7) is 9.30. The zero-order valence-electron chi connectivity index (χ0n) is 15.3. The second kappa shape index (κ2) is 9.02. The van der Waals surface area contributed by atoms with E-state index in [0.717, 1.165) is 17.8 Å². The average molecular weight is 364 g/mol.